The Morgan fingerprint density at radius 1 is 1.43 bits per heavy atom. The van der Waals surface area contributed by atoms with E-state index in [1.807, 2.05) is 11.4 Å². The van der Waals surface area contributed by atoms with Crippen molar-refractivity contribution in [1.29, 1.82) is 0 Å². The van der Waals surface area contributed by atoms with Gasteiger partial charge >= 0.3 is 0 Å². The predicted molar refractivity (Wildman–Crippen MR) is 83.0 cm³/mol. The third-order valence-electron chi connectivity index (χ3n) is 4.07. The Morgan fingerprint density at radius 3 is 2.95 bits per heavy atom. The zero-order valence-electron chi connectivity index (χ0n) is 12.2. The second-order valence-electron chi connectivity index (χ2n) is 5.79. The zero-order valence-corrected chi connectivity index (χ0v) is 13.9. The van der Waals surface area contributed by atoms with Crippen LogP contribution in [-0.4, -0.2) is 45.1 Å². The summed E-state index contributed by atoms with van der Waals surface area (Å²) < 4.78 is 32.7. The molecule has 0 aromatic carbocycles. The first-order valence-corrected chi connectivity index (χ1v) is 9.75. The summed E-state index contributed by atoms with van der Waals surface area (Å²) in [5, 5.41) is 5.36. The molecule has 1 saturated heterocycles. The summed E-state index contributed by atoms with van der Waals surface area (Å²) in [6.07, 6.45) is 4.29. The van der Waals surface area contributed by atoms with Crippen LogP contribution in [0.1, 0.15) is 31.2 Å². The summed E-state index contributed by atoms with van der Waals surface area (Å²) in [6.45, 7) is 1.82. The zero-order chi connectivity index (χ0) is 14.9. The lowest BCUT2D eigenvalue weighted by atomic mass is 10.1. The van der Waals surface area contributed by atoms with Gasteiger partial charge in [-0.15, -0.1) is 11.3 Å². The quantitative estimate of drug-likeness (QED) is 0.864. The van der Waals surface area contributed by atoms with E-state index in [0.717, 1.165) is 24.9 Å². The van der Waals surface area contributed by atoms with Gasteiger partial charge < -0.3 is 10.1 Å². The summed E-state index contributed by atoms with van der Waals surface area (Å²) in [7, 11) is -1.72. The van der Waals surface area contributed by atoms with E-state index in [1.54, 1.807) is 11.4 Å². The van der Waals surface area contributed by atoms with Crippen molar-refractivity contribution in [1.82, 2.24) is 9.62 Å². The first-order valence-electron chi connectivity index (χ1n) is 7.43. The van der Waals surface area contributed by atoms with Crippen LogP contribution in [-0.2, 0) is 21.3 Å². The fourth-order valence-electron chi connectivity index (χ4n) is 2.57. The molecule has 1 aliphatic heterocycles. The molecular formula is C14H22N2O3S2. The molecule has 1 unspecified atom stereocenters. The van der Waals surface area contributed by atoms with Crippen molar-refractivity contribution in [3.8, 4) is 0 Å². The molecule has 7 heteroatoms. The second-order valence-corrected chi connectivity index (χ2v) is 8.87. The van der Waals surface area contributed by atoms with Gasteiger partial charge in [0.05, 0.1) is 6.10 Å². The molecule has 0 spiro atoms. The van der Waals surface area contributed by atoms with Crippen LogP contribution in [0.3, 0.4) is 0 Å². The van der Waals surface area contributed by atoms with E-state index in [0.29, 0.717) is 23.3 Å². The maximum atomic E-state index is 12.7. The number of piperidine rings is 1. The van der Waals surface area contributed by atoms with Crippen LogP contribution in [0.4, 0.5) is 0 Å². The smallest absolute Gasteiger partial charge is 0.252 e. The summed E-state index contributed by atoms with van der Waals surface area (Å²) in [4.78, 5) is 0. The van der Waals surface area contributed by atoms with E-state index >= 15 is 0 Å². The Hall–Kier alpha value is -0.470. The summed E-state index contributed by atoms with van der Waals surface area (Å²) in [5.74, 6) is 0. The van der Waals surface area contributed by atoms with E-state index in [1.165, 1.54) is 24.2 Å². The molecule has 118 valence electrons. The van der Waals surface area contributed by atoms with E-state index in [9.17, 15) is 8.42 Å². The van der Waals surface area contributed by atoms with Gasteiger partial charge in [0, 0.05) is 32.8 Å². The van der Waals surface area contributed by atoms with Crippen LogP contribution >= 0.6 is 11.3 Å². The lowest BCUT2D eigenvalue weighted by molar-refractivity contribution is 0.0572. The van der Waals surface area contributed by atoms with Crippen molar-refractivity contribution < 1.29 is 13.2 Å². The minimum atomic E-state index is -3.36. The number of nitrogens with one attached hydrogen (secondary N) is 1. The number of rotatable bonds is 6. The third-order valence-corrected chi connectivity index (χ3v) is 7.40. The molecule has 1 atom stereocenters. The van der Waals surface area contributed by atoms with Crippen molar-refractivity contribution in [2.24, 2.45) is 0 Å². The first kappa shape index (κ1) is 15.4. The van der Waals surface area contributed by atoms with Crippen LogP contribution < -0.4 is 5.32 Å². The van der Waals surface area contributed by atoms with E-state index in [-0.39, 0.29) is 6.10 Å². The Morgan fingerprint density at radius 2 is 2.24 bits per heavy atom. The normalized spacial score (nSPS) is 24.3. The molecular weight excluding hydrogens is 308 g/mol. The van der Waals surface area contributed by atoms with Crippen LogP contribution in [0.15, 0.2) is 15.7 Å². The summed E-state index contributed by atoms with van der Waals surface area (Å²) in [6, 6.07) is 2.45. The molecule has 0 bridgehead atoms. The van der Waals surface area contributed by atoms with E-state index in [2.05, 4.69) is 5.32 Å². The monoisotopic (exact) mass is 330 g/mol. The number of sulfonamides is 1. The van der Waals surface area contributed by atoms with E-state index < -0.39 is 10.0 Å². The molecule has 2 aliphatic rings. The largest absolute Gasteiger partial charge is 0.380 e. The molecule has 1 saturated carbocycles. The Kier molecular flexibility index (Phi) is 4.66. The van der Waals surface area contributed by atoms with E-state index in [4.69, 9.17) is 4.74 Å². The van der Waals surface area contributed by atoms with Crippen LogP contribution in [0.25, 0.3) is 0 Å². The molecule has 0 radical (unpaired) electrons. The topological polar surface area (TPSA) is 58.6 Å². The van der Waals surface area contributed by atoms with Gasteiger partial charge in [-0.2, -0.15) is 4.31 Å². The van der Waals surface area contributed by atoms with Crippen LogP contribution in [0.5, 0.6) is 0 Å². The van der Waals surface area contributed by atoms with Gasteiger partial charge in [0.2, 0.25) is 0 Å². The third kappa shape index (κ3) is 3.65. The molecule has 1 aliphatic carbocycles. The average Bonchev–Trinajstić information content (AvgIpc) is 3.21. The Balaban J connectivity index is 1.68. The second kappa shape index (κ2) is 6.34. The minimum absolute atomic E-state index is 0.0180. The highest BCUT2D eigenvalue weighted by Crippen LogP contribution is 2.27. The molecule has 0 amide bonds. The fourth-order valence-corrected chi connectivity index (χ4v) is 5.45. The fraction of sp³-hybridized carbons (Fsp3) is 0.714. The first-order chi connectivity index (χ1) is 10.1. The highest BCUT2D eigenvalue weighted by atomic mass is 32.2. The SMILES string of the molecule is COC1CCCN(S(=O)(=O)c2cc(CNC3CC3)cs2)C1. The highest BCUT2D eigenvalue weighted by Gasteiger charge is 2.31. The van der Waals surface area contributed by atoms with Gasteiger partial charge in [-0.1, -0.05) is 0 Å². The maximum Gasteiger partial charge on any atom is 0.252 e. The number of methoxy groups -OCH3 is 1. The van der Waals surface area contributed by atoms with Crippen molar-refractivity contribution in [3.05, 3.63) is 17.0 Å². The minimum Gasteiger partial charge on any atom is -0.380 e. The number of nitrogens with zero attached hydrogens (tertiary/aromatic N) is 1. The predicted octanol–water partition coefficient (Wildman–Crippen LogP) is 1.80. The maximum absolute atomic E-state index is 12.7. The lowest BCUT2D eigenvalue weighted by Gasteiger charge is -2.30. The lowest BCUT2D eigenvalue weighted by Crippen LogP contribution is -2.42. The van der Waals surface area contributed by atoms with Gasteiger partial charge in [0.15, 0.2) is 0 Å². The van der Waals surface area contributed by atoms with Gasteiger partial charge in [-0.3, -0.25) is 0 Å². The van der Waals surface area contributed by atoms with Crippen molar-refractivity contribution in [2.45, 2.75) is 48.6 Å². The number of hydrogen-bond acceptors (Lipinski definition) is 5. The van der Waals surface area contributed by atoms with Gasteiger partial charge in [0.25, 0.3) is 10.0 Å². The molecule has 1 aromatic heterocycles. The molecule has 5 nitrogen and oxygen atoms in total. The number of ether oxygens (including phenoxy) is 1. The van der Waals surface area contributed by atoms with Gasteiger partial charge in [-0.05, 0) is 42.7 Å². The molecule has 2 fully saturated rings. The molecule has 2 heterocycles. The highest BCUT2D eigenvalue weighted by molar-refractivity contribution is 7.91. The van der Waals surface area contributed by atoms with Crippen LogP contribution in [0.2, 0.25) is 0 Å². The van der Waals surface area contributed by atoms with Crippen LogP contribution in [0, 0.1) is 0 Å². The molecule has 1 aromatic rings. The molecule has 21 heavy (non-hydrogen) atoms. The molecule has 1 N–H and O–H groups in total. The molecule has 3 rings (SSSR count). The van der Waals surface area contributed by atoms with Crippen molar-refractivity contribution in [3.63, 3.8) is 0 Å². The average molecular weight is 330 g/mol. The number of hydrogen-bond donors (Lipinski definition) is 1. The van der Waals surface area contributed by atoms with Gasteiger partial charge in [-0.25, -0.2) is 8.42 Å². The number of thiophene rings is 1. The Bertz CT molecular complexity index is 581. The van der Waals surface area contributed by atoms with Crippen molar-refractivity contribution >= 4 is 21.4 Å². The standard InChI is InChI=1S/C14H22N2O3S2/c1-19-13-3-2-6-16(9-13)21(17,18)14-7-11(10-20-14)8-15-12-4-5-12/h7,10,12-13,15H,2-6,8-9H2,1H3. The Labute approximate surface area is 130 Å². The van der Waals surface area contributed by atoms with Crippen molar-refractivity contribution in [2.75, 3.05) is 20.2 Å². The summed E-state index contributed by atoms with van der Waals surface area (Å²) in [5.41, 5.74) is 1.06. The summed E-state index contributed by atoms with van der Waals surface area (Å²) >= 11 is 1.32. The van der Waals surface area contributed by atoms with Gasteiger partial charge in [0.1, 0.15) is 4.21 Å².